The number of nitrogens with zero attached hydrogens (tertiary/aromatic N) is 1. The number of hydrogen-bond acceptors (Lipinski definition) is 4. The normalized spacial score (nSPS) is 19.5. The minimum absolute atomic E-state index is 0.188. The average Bonchev–Trinajstić information content (AvgIpc) is 2.28. The van der Waals surface area contributed by atoms with Crippen molar-refractivity contribution >= 4 is 6.16 Å². The van der Waals surface area contributed by atoms with E-state index in [1.165, 1.54) is 6.26 Å². The topological polar surface area (TPSA) is 48.4 Å². The van der Waals surface area contributed by atoms with Gasteiger partial charge in [-0.1, -0.05) is 6.07 Å². The van der Waals surface area contributed by atoms with Gasteiger partial charge in [-0.15, -0.1) is 0 Å². The molecule has 0 bridgehead atoms. The predicted molar refractivity (Wildman–Crippen MR) is 53.1 cm³/mol. The molecular weight excluding hydrogens is 194 g/mol. The van der Waals surface area contributed by atoms with Crippen molar-refractivity contribution in [3.63, 3.8) is 0 Å². The molecule has 2 rings (SSSR count). The third-order valence-corrected chi connectivity index (χ3v) is 2.15. The van der Waals surface area contributed by atoms with Gasteiger partial charge in [0, 0.05) is 12.4 Å². The molecule has 4 nitrogen and oxygen atoms in total. The minimum Gasteiger partial charge on any atom is -0.426 e. The van der Waals surface area contributed by atoms with Crippen molar-refractivity contribution in [2.45, 2.75) is 18.9 Å². The minimum atomic E-state index is -0.631. The van der Waals surface area contributed by atoms with Gasteiger partial charge in [-0.3, -0.25) is 4.98 Å². The standard InChI is InChI=1S/C11H11NO3/c13-11-14-7-5-10(15-11)4-3-9-2-1-6-12-8-9/h1-2,5-8,10H,3-4H2/t10-/m0/s1. The molecule has 0 aliphatic carbocycles. The van der Waals surface area contributed by atoms with Crippen LogP contribution in [0.15, 0.2) is 36.9 Å². The first-order valence-corrected chi connectivity index (χ1v) is 4.77. The molecule has 4 heteroatoms. The third kappa shape index (κ3) is 2.80. The first-order valence-electron chi connectivity index (χ1n) is 4.77. The van der Waals surface area contributed by atoms with Gasteiger partial charge in [0.05, 0.1) is 6.26 Å². The van der Waals surface area contributed by atoms with Crippen molar-refractivity contribution in [3.8, 4) is 0 Å². The van der Waals surface area contributed by atoms with Gasteiger partial charge < -0.3 is 9.47 Å². The Bertz CT molecular complexity index is 361. The van der Waals surface area contributed by atoms with Crippen LogP contribution in [0.1, 0.15) is 12.0 Å². The van der Waals surface area contributed by atoms with Crippen LogP contribution < -0.4 is 0 Å². The Hall–Kier alpha value is -1.84. The number of pyridine rings is 1. The van der Waals surface area contributed by atoms with Crippen LogP contribution >= 0.6 is 0 Å². The smallest absolute Gasteiger partial charge is 0.426 e. The first kappa shape index (κ1) is 9.71. The van der Waals surface area contributed by atoms with Crippen LogP contribution in [0.4, 0.5) is 4.79 Å². The zero-order chi connectivity index (χ0) is 10.5. The second kappa shape index (κ2) is 4.59. The molecule has 15 heavy (non-hydrogen) atoms. The Morgan fingerprint density at radius 1 is 1.47 bits per heavy atom. The van der Waals surface area contributed by atoms with Gasteiger partial charge in [-0.2, -0.15) is 0 Å². The Balaban J connectivity index is 1.86. The van der Waals surface area contributed by atoms with Crippen molar-refractivity contribution in [2.24, 2.45) is 0 Å². The molecule has 1 aliphatic heterocycles. The Kier molecular flexibility index (Phi) is 2.97. The van der Waals surface area contributed by atoms with E-state index in [2.05, 4.69) is 9.72 Å². The van der Waals surface area contributed by atoms with Crippen molar-refractivity contribution in [1.82, 2.24) is 4.98 Å². The summed E-state index contributed by atoms with van der Waals surface area (Å²) in [6.07, 6.45) is 7.41. The summed E-state index contributed by atoms with van der Waals surface area (Å²) in [5.41, 5.74) is 1.13. The lowest BCUT2D eigenvalue weighted by Gasteiger charge is -2.16. The highest BCUT2D eigenvalue weighted by Crippen LogP contribution is 2.11. The van der Waals surface area contributed by atoms with Gasteiger partial charge >= 0.3 is 6.16 Å². The summed E-state index contributed by atoms with van der Waals surface area (Å²) >= 11 is 0. The van der Waals surface area contributed by atoms with Crippen LogP contribution in [-0.2, 0) is 15.9 Å². The highest BCUT2D eigenvalue weighted by Gasteiger charge is 2.16. The van der Waals surface area contributed by atoms with E-state index in [9.17, 15) is 4.79 Å². The SMILES string of the molecule is O=C1OC=C[C@H](CCc2cccnc2)O1. The second-order valence-corrected chi connectivity index (χ2v) is 3.25. The van der Waals surface area contributed by atoms with E-state index in [4.69, 9.17) is 4.74 Å². The number of carbonyl (C=O) groups is 1. The summed E-state index contributed by atoms with van der Waals surface area (Å²) in [5, 5.41) is 0. The molecule has 0 unspecified atom stereocenters. The fourth-order valence-electron chi connectivity index (χ4n) is 1.38. The molecule has 1 aromatic heterocycles. The van der Waals surface area contributed by atoms with Crippen molar-refractivity contribution in [2.75, 3.05) is 0 Å². The van der Waals surface area contributed by atoms with Gasteiger partial charge in [-0.05, 0) is 30.5 Å². The molecular formula is C11H11NO3. The van der Waals surface area contributed by atoms with Gasteiger partial charge in [-0.25, -0.2) is 4.79 Å². The molecule has 0 N–H and O–H groups in total. The zero-order valence-corrected chi connectivity index (χ0v) is 8.13. The van der Waals surface area contributed by atoms with E-state index < -0.39 is 6.16 Å². The summed E-state index contributed by atoms with van der Waals surface area (Å²) in [6.45, 7) is 0. The fraction of sp³-hybridized carbons (Fsp3) is 0.273. The Morgan fingerprint density at radius 2 is 2.40 bits per heavy atom. The van der Waals surface area contributed by atoms with Gasteiger partial charge in [0.15, 0.2) is 0 Å². The van der Waals surface area contributed by atoms with Crippen LogP contribution in [0.3, 0.4) is 0 Å². The molecule has 2 heterocycles. The molecule has 1 aliphatic rings. The highest BCUT2D eigenvalue weighted by molar-refractivity contribution is 5.62. The van der Waals surface area contributed by atoms with Gasteiger partial charge in [0.2, 0.25) is 0 Å². The van der Waals surface area contributed by atoms with E-state index in [-0.39, 0.29) is 6.10 Å². The van der Waals surface area contributed by atoms with Crippen molar-refractivity contribution in [1.29, 1.82) is 0 Å². The summed E-state index contributed by atoms with van der Waals surface area (Å²) in [5.74, 6) is 0. The number of aryl methyl sites for hydroxylation is 1. The Morgan fingerprint density at radius 3 is 3.13 bits per heavy atom. The maximum Gasteiger partial charge on any atom is 0.513 e. The number of carbonyl (C=O) groups excluding carboxylic acids is 1. The van der Waals surface area contributed by atoms with E-state index in [0.29, 0.717) is 0 Å². The quantitative estimate of drug-likeness (QED) is 0.709. The first-order chi connectivity index (χ1) is 7.34. The van der Waals surface area contributed by atoms with Crippen molar-refractivity contribution in [3.05, 3.63) is 42.4 Å². The highest BCUT2D eigenvalue weighted by atomic mass is 16.7. The lowest BCUT2D eigenvalue weighted by atomic mass is 10.1. The summed E-state index contributed by atoms with van der Waals surface area (Å²) in [7, 11) is 0. The Labute approximate surface area is 87.5 Å². The van der Waals surface area contributed by atoms with E-state index in [1.807, 2.05) is 18.3 Å². The van der Waals surface area contributed by atoms with Gasteiger partial charge in [0.1, 0.15) is 6.10 Å². The van der Waals surface area contributed by atoms with Gasteiger partial charge in [0.25, 0.3) is 0 Å². The van der Waals surface area contributed by atoms with Crippen LogP contribution in [-0.4, -0.2) is 17.2 Å². The lowest BCUT2D eigenvalue weighted by molar-refractivity contribution is 0.0466. The van der Waals surface area contributed by atoms with Crippen LogP contribution in [0, 0.1) is 0 Å². The van der Waals surface area contributed by atoms with E-state index in [1.54, 1.807) is 12.3 Å². The molecule has 0 aromatic carbocycles. The number of rotatable bonds is 3. The van der Waals surface area contributed by atoms with E-state index in [0.717, 1.165) is 18.4 Å². The monoisotopic (exact) mass is 205 g/mol. The number of ether oxygens (including phenoxy) is 2. The number of cyclic esters (lactones) is 2. The maximum absolute atomic E-state index is 10.8. The lowest BCUT2D eigenvalue weighted by Crippen LogP contribution is -2.20. The average molecular weight is 205 g/mol. The molecule has 0 saturated heterocycles. The molecule has 0 fully saturated rings. The van der Waals surface area contributed by atoms with Crippen LogP contribution in [0.25, 0.3) is 0 Å². The second-order valence-electron chi connectivity index (χ2n) is 3.25. The largest absolute Gasteiger partial charge is 0.513 e. The summed E-state index contributed by atoms with van der Waals surface area (Å²) in [6, 6.07) is 3.89. The maximum atomic E-state index is 10.8. The number of hydrogen-bond donors (Lipinski definition) is 0. The third-order valence-electron chi connectivity index (χ3n) is 2.15. The summed E-state index contributed by atoms with van der Waals surface area (Å²) < 4.78 is 9.45. The zero-order valence-electron chi connectivity index (χ0n) is 8.13. The van der Waals surface area contributed by atoms with E-state index >= 15 is 0 Å². The summed E-state index contributed by atoms with van der Waals surface area (Å²) in [4.78, 5) is 14.8. The number of aromatic nitrogens is 1. The van der Waals surface area contributed by atoms with Crippen molar-refractivity contribution < 1.29 is 14.3 Å². The molecule has 0 saturated carbocycles. The molecule has 1 aromatic rings. The molecule has 0 spiro atoms. The molecule has 0 amide bonds. The molecule has 1 atom stereocenters. The fourth-order valence-corrected chi connectivity index (χ4v) is 1.38. The van der Waals surface area contributed by atoms with Crippen LogP contribution in [0.2, 0.25) is 0 Å². The molecule has 0 radical (unpaired) electrons. The van der Waals surface area contributed by atoms with Crippen LogP contribution in [0.5, 0.6) is 0 Å². The predicted octanol–water partition coefficient (Wildman–Crippen LogP) is 2.06. The molecule has 78 valence electrons.